The molecule has 0 aromatic heterocycles. The van der Waals surface area contributed by atoms with Crippen LogP contribution in [0.1, 0.15) is 35.7 Å². The van der Waals surface area contributed by atoms with Crippen molar-refractivity contribution in [1.82, 2.24) is 5.32 Å². The van der Waals surface area contributed by atoms with Gasteiger partial charge >= 0.3 is 5.97 Å². The van der Waals surface area contributed by atoms with Crippen LogP contribution in [0, 0.1) is 5.82 Å². The van der Waals surface area contributed by atoms with Gasteiger partial charge in [-0.3, -0.25) is 9.59 Å². The number of amides is 2. The molecule has 2 aromatic carbocycles. The molecule has 2 amide bonds. The molecule has 1 atom stereocenters. The molecule has 0 radical (unpaired) electrons. The van der Waals surface area contributed by atoms with Gasteiger partial charge in [-0.2, -0.15) is 0 Å². The zero-order chi connectivity index (χ0) is 20.1. The number of anilines is 1. The average molecular weight is 384 g/mol. The second kappa shape index (κ2) is 8.65. The van der Waals surface area contributed by atoms with Crippen LogP contribution in [-0.4, -0.2) is 30.4 Å². The highest BCUT2D eigenvalue weighted by atomic mass is 19.1. The van der Waals surface area contributed by atoms with Gasteiger partial charge in [0.05, 0.1) is 5.56 Å². The average Bonchev–Trinajstić information content (AvgIpc) is 3.13. The fourth-order valence-electron chi connectivity index (χ4n) is 2.92. The van der Waals surface area contributed by atoms with E-state index < -0.39 is 18.0 Å². The predicted molar refractivity (Wildman–Crippen MR) is 101 cm³/mol. The minimum absolute atomic E-state index is 0.0711. The largest absolute Gasteiger partial charge is 0.449 e. The van der Waals surface area contributed by atoms with Crippen molar-refractivity contribution in [1.29, 1.82) is 0 Å². The first-order chi connectivity index (χ1) is 13.4. The standard InChI is InChI=1S/C21H21FN2O4/c1-14(20(26)23-13-15-4-8-17(22)9-5-15)28-21(27)16-6-10-18(11-7-16)24-12-2-3-19(24)25/h4-11,14H,2-3,12-13H2,1H3,(H,23,26)/t14-/m1/s1. The summed E-state index contributed by atoms with van der Waals surface area (Å²) < 4.78 is 18.1. The number of hydrogen-bond donors (Lipinski definition) is 1. The van der Waals surface area contributed by atoms with E-state index >= 15 is 0 Å². The molecular weight excluding hydrogens is 363 g/mol. The van der Waals surface area contributed by atoms with Crippen LogP contribution in [0.5, 0.6) is 0 Å². The van der Waals surface area contributed by atoms with E-state index in [0.717, 1.165) is 17.7 Å². The minimum Gasteiger partial charge on any atom is -0.449 e. The van der Waals surface area contributed by atoms with Gasteiger partial charge in [0, 0.05) is 25.2 Å². The molecule has 1 fully saturated rings. The summed E-state index contributed by atoms with van der Waals surface area (Å²) in [5.41, 5.74) is 1.78. The van der Waals surface area contributed by atoms with E-state index in [4.69, 9.17) is 4.74 Å². The molecule has 1 heterocycles. The number of benzene rings is 2. The Morgan fingerprint density at radius 2 is 1.82 bits per heavy atom. The van der Waals surface area contributed by atoms with Crippen LogP contribution in [0.3, 0.4) is 0 Å². The van der Waals surface area contributed by atoms with Gasteiger partial charge in [0.15, 0.2) is 6.10 Å². The first-order valence-corrected chi connectivity index (χ1v) is 9.07. The summed E-state index contributed by atoms with van der Waals surface area (Å²) in [4.78, 5) is 37.8. The maximum atomic E-state index is 12.9. The fourth-order valence-corrected chi connectivity index (χ4v) is 2.92. The number of rotatable bonds is 6. The third-order valence-corrected chi connectivity index (χ3v) is 4.52. The third kappa shape index (κ3) is 4.73. The van der Waals surface area contributed by atoms with Crippen molar-refractivity contribution in [3.05, 3.63) is 65.5 Å². The monoisotopic (exact) mass is 384 g/mol. The third-order valence-electron chi connectivity index (χ3n) is 4.52. The van der Waals surface area contributed by atoms with Crippen LogP contribution in [-0.2, 0) is 20.9 Å². The molecule has 6 nitrogen and oxygen atoms in total. The number of carbonyl (C=O) groups excluding carboxylic acids is 3. The van der Waals surface area contributed by atoms with Gasteiger partial charge in [0.25, 0.3) is 5.91 Å². The molecule has 1 N–H and O–H groups in total. The second-order valence-corrected chi connectivity index (χ2v) is 6.59. The SMILES string of the molecule is C[C@@H](OC(=O)c1ccc(N2CCCC2=O)cc1)C(=O)NCc1ccc(F)cc1. The van der Waals surface area contributed by atoms with E-state index in [0.29, 0.717) is 18.5 Å². The van der Waals surface area contributed by atoms with Gasteiger partial charge in [0.2, 0.25) is 5.91 Å². The summed E-state index contributed by atoms with van der Waals surface area (Å²) in [7, 11) is 0. The summed E-state index contributed by atoms with van der Waals surface area (Å²) in [6.45, 7) is 2.36. The van der Waals surface area contributed by atoms with Crippen molar-refractivity contribution in [2.75, 3.05) is 11.4 Å². The first kappa shape index (κ1) is 19.5. The van der Waals surface area contributed by atoms with Crippen molar-refractivity contribution < 1.29 is 23.5 Å². The first-order valence-electron chi connectivity index (χ1n) is 9.07. The molecule has 0 unspecified atom stereocenters. The van der Waals surface area contributed by atoms with Crippen LogP contribution in [0.4, 0.5) is 10.1 Å². The van der Waals surface area contributed by atoms with E-state index in [1.54, 1.807) is 41.3 Å². The smallest absolute Gasteiger partial charge is 0.338 e. The Morgan fingerprint density at radius 1 is 1.14 bits per heavy atom. The summed E-state index contributed by atoms with van der Waals surface area (Å²) in [5.74, 6) is -1.35. The lowest BCUT2D eigenvalue weighted by atomic mass is 10.2. The van der Waals surface area contributed by atoms with Crippen LogP contribution in [0.2, 0.25) is 0 Å². The zero-order valence-corrected chi connectivity index (χ0v) is 15.5. The van der Waals surface area contributed by atoms with Crippen molar-refractivity contribution in [2.45, 2.75) is 32.4 Å². The van der Waals surface area contributed by atoms with E-state index in [1.165, 1.54) is 19.1 Å². The molecule has 146 valence electrons. The van der Waals surface area contributed by atoms with E-state index in [9.17, 15) is 18.8 Å². The fraction of sp³-hybridized carbons (Fsp3) is 0.286. The van der Waals surface area contributed by atoms with Gasteiger partial charge in [-0.1, -0.05) is 12.1 Å². The molecule has 0 bridgehead atoms. The topological polar surface area (TPSA) is 75.7 Å². The molecule has 0 aliphatic carbocycles. The molecule has 7 heteroatoms. The van der Waals surface area contributed by atoms with Gasteiger partial charge in [-0.15, -0.1) is 0 Å². The molecule has 28 heavy (non-hydrogen) atoms. The van der Waals surface area contributed by atoms with Crippen molar-refractivity contribution in [2.24, 2.45) is 0 Å². The Balaban J connectivity index is 1.52. The van der Waals surface area contributed by atoms with Crippen LogP contribution in [0.15, 0.2) is 48.5 Å². The maximum Gasteiger partial charge on any atom is 0.338 e. The molecule has 3 rings (SSSR count). The van der Waals surface area contributed by atoms with Crippen LogP contribution in [0.25, 0.3) is 0 Å². The van der Waals surface area contributed by atoms with Crippen LogP contribution < -0.4 is 10.2 Å². The molecule has 1 aliphatic heterocycles. The van der Waals surface area contributed by atoms with E-state index in [2.05, 4.69) is 5.32 Å². The highest BCUT2D eigenvalue weighted by Crippen LogP contribution is 2.22. The van der Waals surface area contributed by atoms with Crippen LogP contribution >= 0.6 is 0 Å². The number of halogens is 1. The lowest BCUT2D eigenvalue weighted by molar-refractivity contribution is -0.129. The quantitative estimate of drug-likeness (QED) is 0.777. The number of carbonyl (C=O) groups is 3. The van der Waals surface area contributed by atoms with Crippen molar-refractivity contribution in [3.8, 4) is 0 Å². The van der Waals surface area contributed by atoms with Crippen molar-refractivity contribution >= 4 is 23.5 Å². The number of nitrogens with one attached hydrogen (secondary N) is 1. The maximum absolute atomic E-state index is 12.9. The lowest BCUT2D eigenvalue weighted by Crippen LogP contribution is -2.35. The minimum atomic E-state index is -0.979. The van der Waals surface area contributed by atoms with Gasteiger partial charge in [-0.25, -0.2) is 9.18 Å². The number of nitrogens with zero attached hydrogens (tertiary/aromatic N) is 1. The van der Waals surface area contributed by atoms with E-state index in [-0.39, 0.29) is 18.3 Å². The second-order valence-electron chi connectivity index (χ2n) is 6.59. The van der Waals surface area contributed by atoms with Gasteiger partial charge in [0.1, 0.15) is 5.82 Å². The number of hydrogen-bond acceptors (Lipinski definition) is 4. The van der Waals surface area contributed by atoms with E-state index in [1.807, 2.05) is 0 Å². The summed E-state index contributed by atoms with van der Waals surface area (Å²) in [6.07, 6.45) is 0.384. The van der Waals surface area contributed by atoms with Crippen molar-refractivity contribution in [3.63, 3.8) is 0 Å². The number of esters is 1. The molecule has 2 aromatic rings. The molecule has 0 spiro atoms. The Labute approximate surface area is 162 Å². The summed E-state index contributed by atoms with van der Waals surface area (Å²) in [5, 5.41) is 2.64. The van der Waals surface area contributed by atoms with Gasteiger partial charge < -0.3 is 15.0 Å². The Hall–Kier alpha value is -3.22. The summed E-state index contributed by atoms with van der Waals surface area (Å²) in [6, 6.07) is 12.3. The highest BCUT2D eigenvalue weighted by molar-refractivity contribution is 5.96. The molecular formula is C21H21FN2O4. The Bertz CT molecular complexity index is 865. The predicted octanol–water partition coefficient (Wildman–Crippen LogP) is 2.81. The molecule has 1 aliphatic rings. The molecule has 0 saturated carbocycles. The normalized spacial score (nSPS) is 14.6. The Morgan fingerprint density at radius 3 is 2.43 bits per heavy atom. The Kier molecular flexibility index (Phi) is 6.03. The summed E-state index contributed by atoms with van der Waals surface area (Å²) >= 11 is 0. The molecule has 1 saturated heterocycles. The highest BCUT2D eigenvalue weighted by Gasteiger charge is 2.22. The van der Waals surface area contributed by atoms with Gasteiger partial charge in [-0.05, 0) is 55.3 Å². The zero-order valence-electron chi connectivity index (χ0n) is 15.5. The number of ether oxygens (including phenoxy) is 1. The lowest BCUT2D eigenvalue weighted by Gasteiger charge is -2.16.